The summed E-state index contributed by atoms with van der Waals surface area (Å²) in [6, 6.07) is 31.0. The lowest BCUT2D eigenvalue weighted by Crippen LogP contribution is -2.52. The van der Waals surface area contributed by atoms with Crippen LogP contribution in [0.5, 0.6) is 17.2 Å². The van der Waals surface area contributed by atoms with Gasteiger partial charge in [0.2, 0.25) is 5.91 Å². The van der Waals surface area contributed by atoms with Crippen LogP contribution < -0.4 is 19.5 Å². The third-order valence-electron chi connectivity index (χ3n) is 6.80. The molecule has 218 valence electrons. The second-order valence-corrected chi connectivity index (χ2v) is 10.1. The summed E-state index contributed by atoms with van der Waals surface area (Å²) < 4.78 is 16.5. The maximum Gasteiger partial charge on any atom is 0.261 e. The molecule has 1 N–H and O–H groups in total. The number of nitrogens with one attached hydrogen (secondary N) is 1. The molecule has 0 fully saturated rings. The molecule has 2 amide bonds. The van der Waals surface area contributed by atoms with Crippen LogP contribution in [-0.4, -0.2) is 50.1 Å². The number of carbonyl (C=O) groups excluding carboxylic acids is 2. The van der Waals surface area contributed by atoms with Crippen molar-refractivity contribution < 1.29 is 23.8 Å². The van der Waals surface area contributed by atoms with E-state index in [2.05, 4.69) is 5.32 Å². The molecule has 0 bridgehead atoms. The lowest BCUT2D eigenvalue weighted by atomic mass is 10.0. The Morgan fingerprint density at radius 1 is 0.786 bits per heavy atom. The predicted octanol–water partition coefficient (Wildman–Crippen LogP) is 5.74. The molecule has 0 aliphatic rings. The zero-order valence-electron chi connectivity index (χ0n) is 23.8. The summed E-state index contributed by atoms with van der Waals surface area (Å²) in [6.07, 6.45) is 0.917. The molecule has 0 aromatic heterocycles. The Kier molecular flexibility index (Phi) is 11.2. The van der Waals surface area contributed by atoms with Crippen LogP contribution in [0.3, 0.4) is 0 Å². The predicted molar refractivity (Wildman–Crippen MR) is 164 cm³/mol. The minimum Gasteiger partial charge on any atom is -0.493 e. The van der Waals surface area contributed by atoms with Crippen LogP contribution in [0.2, 0.25) is 5.02 Å². The van der Waals surface area contributed by atoms with Gasteiger partial charge in [0, 0.05) is 24.5 Å². The van der Waals surface area contributed by atoms with Crippen molar-refractivity contribution in [3.63, 3.8) is 0 Å². The standard InChI is InChI=1S/C34H35ClN2O5/c1-40-31-18-15-26(22-32(31)41-2)19-20-36-34(39)30(21-25-9-5-3-6-10-25)37(23-27-13-16-28(35)17-14-27)33(38)24-42-29-11-7-4-8-12-29/h3-18,22,30H,19-21,23-24H2,1-2H3,(H,36,39)/t30-/m0/s1. The number of carbonyl (C=O) groups is 2. The molecule has 0 radical (unpaired) electrons. The van der Waals surface area contributed by atoms with E-state index in [4.69, 9.17) is 25.8 Å². The van der Waals surface area contributed by atoms with Gasteiger partial charge in [-0.05, 0) is 59.5 Å². The van der Waals surface area contributed by atoms with E-state index >= 15 is 0 Å². The summed E-state index contributed by atoms with van der Waals surface area (Å²) >= 11 is 6.11. The maximum atomic E-state index is 13.8. The van der Waals surface area contributed by atoms with Crippen LogP contribution in [-0.2, 0) is 29.0 Å². The van der Waals surface area contributed by atoms with Crippen molar-refractivity contribution in [2.75, 3.05) is 27.4 Å². The lowest BCUT2D eigenvalue weighted by molar-refractivity contribution is -0.142. The number of nitrogens with zero attached hydrogens (tertiary/aromatic N) is 1. The van der Waals surface area contributed by atoms with Crippen LogP contribution in [0.1, 0.15) is 16.7 Å². The van der Waals surface area contributed by atoms with Crippen molar-refractivity contribution in [2.24, 2.45) is 0 Å². The lowest BCUT2D eigenvalue weighted by Gasteiger charge is -2.31. The first-order valence-electron chi connectivity index (χ1n) is 13.7. The van der Waals surface area contributed by atoms with Gasteiger partial charge in [-0.1, -0.05) is 78.3 Å². The first-order valence-corrected chi connectivity index (χ1v) is 14.1. The molecule has 4 rings (SSSR count). The van der Waals surface area contributed by atoms with Crippen molar-refractivity contribution >= 4 is 23.4 Å². The van der Waals surface area contributed by atoms with E-state index in [0.717, 1.165) is 16.7 Å². The van der Waals surface area contributed by atoms with E-state index in [1.807, 2.05) is 78.9 Å². The van der Waals surface area contributed by atoms with Crippen LogP contribution in [0, 0.1) is 0 Å². The summed E-state index contributed by atoms with van der Waals surface area (Å²) in [4.78, 5) is 29.1. The number of halogens is 1. The van der Waals surface area contributed by atoms with Crippen LogP contribution >= 0.6 is 11.6 Å². The molecular formula is C34H35ClN2O5. The Hall–Kier alpha value is -4.49. The van der Waals surface area contributed by atoms with Gasteiger partial charge in [0.1, 0.15) is 11.8 Å². The second kappa shape index (κ2) is 15.5. The third kappa shape index (κ3) is 8.75. The summed E-state index contributed by atoms with van der Waals surface area (Å²) in [5.41, 5.74) is 2.77. The van der Waals surface area contributed by atoms with Crippen LogP contribution in [0.25, 0.3) is 0 Å². The fourth-order valence-electron chi connectivity index (χ4n) is 4.57. The molecule has 8 heteroatoms. The number of ether oxygens (including phenoxy) is 3. The fourth-order valence-corrected chi connectivity index (χ4v) is 4.70. The van der Waals surface area contributed by atoms with Gasteiger partial charge < -0.3 is 24.4 Å². The number of rotatable bonds is 14. The van der Waals surface area contributed by atoms with E-state index in [-0.39, 0.29) is 25.0 Å². The van der Waals surface area contributed by atoms with Crippen molar-refractivity contribution in [2.45, 2.75) is 25.4 Å². The van der Waals surface area contributed by atoms with E-state index in [1.54, 1.807) is 43.4 Å². The normalized spacial score (nSPS) is 11.3. The zero-order chi connectivity index (χ0) is 29.7. The molecule has 4 aromatic rings. The highest BCUT2D eigenvalue weighted by molar-refractivity contribution is 6.30. The van der Waals surface area contributed by atoms with E-state index in [9.17, 15) is 9.59 Å². The highest BCUT2D eigenvalue weighted by atomic mass is 35.5. The molecule has 7 nitrogen and oxygen atoms in total. The van der Waals surface area contributed by atoms with E-state index in [1.165, 1.54) is 0 Å². The molecule has 0 unspecified atom stereocenters. The first kappa shape index (κ1) is 30.5. The monoisotopic (exact) mass is 586 g/mol. The average Bonchev–Trinajstić information content (AvgIpc) is 3.03. The number of hydrogen-bond acceptors (Lipinski definition) is 5. The molecule has 0 spiro atoms. The molecule has 0 aliphatic heterocycles. The van der Waals surface area contributed by atoms with Gasteiger partial charge in [-0.3, -0.25) is 9.59 Å². The smallest absolute Gasteiger partial charge is 0.261 e. The van der Waals surface area contributed by atoms with E-state index in [0.29, 0.717) is 41.7 Å². The quantitative estimate of drug-likeness (QED) is 0.204. The molecule has 0 heterocycles. The number of para-hydroxylation sites is 1. The molecule has 0 aliphatic carbocycles. The van der Waals surface area contributed by atoms with Gasteiger partial charge in [-0.25, -0.2) is 0 Å². The highest BCUT2D eigenvalue weighted by Crippen LogP contribution is 2.27. The Balaban J connectivity index is 1.55. The Morgan fingerprint density at radius 2 is 1.43 bits per heavy atom. The Morgan fingerprint density at radius 3 is 2.10 bits per heavy atom. The molecule has 0 saturated heterocycles. The number of hydrogen-bond donors (Lipinski definition) is 1. The summed E-state index contributed by atoms with van der Waals surface area (Å²) in [6.45, 7) is 0.389. The summed E-state index contributed by atoms with van der Waals surface area (Å²) in [7, 11) is 3.18. The minimum atomic E-state index is -0.777. The van der Waals surface area contributed by atoms with Crippen molar-refractivity contribution in [3.05, 3.63) is 125 Å². The Labute approximate surface area is 252 Å². The molecule has 0 saturated carbocycles. The topological polar surface area (TPSA) is 77.1 Å². The summed E-state index contributed by atoms with van der Waals surface area (Å²) in [5.74, 6) is 1.30. The first-order chi connectivity index (χ1) is 20.5. The van der Waals surface area contributed by atoms with Gasteiger partial charge in [0.25, 0.3) is 5.91 Å². The molecule has 42 heavy (non-hydrogen) atoms. The van der Waals surface area contributed by atoms with Gasteiger partial charge in [0.15, 0.2) is 18.1 Å². The van der Waals surface area contributed by atoms with Gasteiger partial charge in [-0.2, -0.15) is 0 Å². The Bertz CT molecular complexity index is 1430. The zero-order valence-corrected chi connectivity index (χ0v) is 24.6. The number of methoxy groups -OCH3 is 2. The highest BCUT2D eigenvalue weighted by Gasteiger charge is 2.30. The average molecular weight is 587 g/mol. The minimum absolute atomic E-state index is 0.207. The van der Waals surface area contributed by atoms with Crippen LogP contribution in [0.4, 0.5) is 0 Å². The van der Waals surface area contributed by atoms with Gasteiger partial charge in [-0.15, -0.1) is 0 Å². The van der Waals surface area contributed by atoms with Crippen molar-refractivity contribution in [3.8, 4) is 17.2 Å². The second-order valence-electron chi connectivity index (χ2n) is 9.69. The fraction of sp³-hybridized carbons (Fsp3) is 0.235. The number of amides is 2. The molecular weight excluding hydrogens is 552 g/mol. The van der Waals surface area contributed by atoms with Crippen molar-refractivity contribution in [1.82, 2.24) is 10.2 Å². The van der Waals surface area contributed by atoms with E-state index < -0.39 is 6.04 Å². The maximum absolute atomic E-state index is 13.8. The third-order valence-corrected chi connectivity index (χ3v) is 7.06. The number of benzene rings is 4. The molecule has 1 atom stereocenters. The van der Waals surface area contributed by atoms with Gasteiger partial charge >= 0.3 is 0 Å². The summed E-state index contributed by atoms with van der Waals surface area (Å²) in [5, 5.41) is 3.65. The SMILES string of the molecule is COc1ccc(CCNC(=O)[C@H](Cc2ccccc2)N(Cc2ccc(Cl)cc2)C(=O)COc2ccccc2)cc1OC. The largest absolute Gasteiger partial charge is 0.493 e. The van der Waals surface area contributed by atoms with Gasteiger partial charge in [0.05, 0.1) is 14.2 Å². The van der Waals surface area contributed by atoms with Crippen molar-refractivity contribution in [1.29, 1.82) is 0 Å². The molecule has 4 aromatic carbocycles. The van der Waals surface area contributed by atoms with Crippen LogP contribution in [0.15, 0.2) is 103 Å².